The van der Waals surface area contributed by atoms with Crippen LogP contribution in [-0.2, 0) is 22.2 Å². The number of rotatable bonds is 13. The van der Waals surface area contributed by atoms with E-state index >= 15 is 9.13 Å². The summed E-state index contributed by atoms with van der Waals surface area (Å²) in [6, 6.07) is 37.9. The number of benzene rings is 4. The Balaban J connectivity index is 1.72. The molecule has 0 saturated carbocycles. The second kappa shape index (κ2) is 13.9. The highest BCUT2D eigenvalue weighted by atomic mass is 31.2. The molecule has 6 rings (SSSR count). The highest BCUT2D eigenvalue weighted by molar-refractivity contribution is 7.86. The quantitative estimate of drug-likeness (QED) is 0.155. The maximum Gasteiger partial charge on any atom is 0.192 e. The minimum Gasteiger partial charge on any atom is -0.307 e. The monoisotopic (exact) mass is 648 g/mol. The van der Waals surface area contributed by atoms with Crippen LogP contribution in [0.5, 0.6) is 0 Å². The van der Waals surface area contributed by atoms with Crippen molar-refractivity contribution in [2.45, 2.75) is 52.6 Å². The first kappa shape index (κ1) is 31.6. The van der Waals surface area contributed by atoms with Crippen LogP contribution in [0.2, 0.25) is 0 Å². The van der Waals surface area contributed by atoms with Crippen LogP contribution in [0.1, 0.15) is 39.5 Å². The van der Waals surface area contributed by atoms with Gasteiger partial charge in [0.25, 0.3) is 0 Å². The SMILES string of the molecule is CCCCn1nnc(P(=O)(c2ccccc2)c2ccccc2)c1-c1c(P(=O)(c2ccccc2)c2ccccc2)nnn1CCCC. The van der Waals surface area contributed by atoms with E-state index in [-0.39, 0.29) is 0 Å². The summed E-state index contributed by atoms with van der Waals surface area (Å²) < 4.78 is 35.3. The Labute approximate surface area is 270 Å². The van der Waals surface area contributed by atoms with E-state index in [4.69, 9.17) is 10.2 Å². The average molecular weight is 649 g/mol. The van der Waals surface area contributed by atoms with E-state index in [9.17, 15) is 0 Å². The molecule has 0 unspecified atom stereocenters. The Bertz CT molecular complexity index is 1740. The lowest BCUT2D eigenvalue weighted by Crippen LogP contribution is -2.31. The predicted octanol–water partition coefficient (Wildman–Crippen LogP) is 5.42. The van der Waals surface area contributed by atoms with Gasteiger partial charge in [-0.25, -0.2) is 9.36 Å². The normalized spacial score (nSPS) is 12.0. The Kier molecular flexibility index (Phi) is 9.58. The topological polar surface area (TPSA) is 95.6 Å². The molecule has 4 aromatic carbocycles. The minimum absolute atomic E-state index is 0.343. The fourth-order valence-electron chi connectivity index (χ4n) is 5.76. The van der Waals surface area contributed by atoms with E-state index in [0.717, 1.165) is 25.7 Å². The van der Waals surface area contributed by atoms with Gasteiger partial charge in [0, 0.05) is 34.3 Å². The first-order chi connectivity index (χ1) is 22.5. The second-order valence-corrected chi connectivity index (χ2v) is 16.6. The van der Waals surface area contributed by atoms with Crippen LogP contribution >= 0.6 is 14.3 Å². The van der Waals surface area contributed by atoms with E-state index in [1.807, 2.05) is 131 Å². The fraction of sp³-hybridized carbons (Fsp3) is 0.222. The van der Waals surface area contributed by atoms with Gasteiger partial charge in [-0.1, -0.05) is 158 Å². The summed E-state index contributed by atoms with van der Waals surface area (Å²) in [6.07, 6.45) is 3.52. The van der Waals surface area contributed by atoms with Crippen LogP contribution in [0.15, 0.2) is 121 Å². The van der Waals surface area contributed by atoms with Gasteiger partial charge in [0.05, 0.1) is 0 Å². The number of aryl methyl sites for hydroxylation is 2. The van der Waals surface area contributed by atoms with Crippen molar-refractivity contribution in [3.63, 3.8) is 0 Å². The average Bonchev–Trinajstić information content (AvgIpc) is 3.75. The lowest BCUT2D eigenvalue weighted by Gasteiger charge is -2.22. The molecule has 2 heterocycles. The van der Waals surface area contributed by atoms with Crippen molar-refractivity contribution >= 4 is 46.4 Å². The lowest BCUT2D eigenvalue weighted by molar-refractivity contribution is 0.538. The molecule has 0 radical (unpaired) electrons. The third-order valence-corrected chi connectivity index (χ3v) is 14.1. The van der Waals surface area contributed by atoms with E-state index < -0.39 is 14.3 Å². The third-order valence-electron chi connectivity index (χ3n) is 8.18. The van der Waals surface area contributed by atoms with Crippen molar-refractivity contribution < 1.29 is 9.13 Å². The molecule has 0 bridgehead atoms. The van der Waals surface area contributed by atoms with E-state index in [1.54, 1.807) is 0 Å². The van der Waals surface area contributed by atoms with Crippen LogP contribution in [0.4, 0.5) is 0 Å². The van der Waals surface area contributed by atoms with Gasteiger partial charge in [-0.3, -0.25) is 0 Å². The minimum atomic E-state index is -3.58. The zero-order chi connectivity index (χ0) is 32.0. The third kappa shape index (κ3) is 5.72. The van der Waals surface area contributed by atoms with Crippen LogP contribution < -0.4 is 32.1 Å². The highest BCUT2D eigenvalue weighted by Crippen LogP contribution is 2.48. The molecular formula is C36H38N6O2P2. The molecule has 0 fully saturated rings. The predicted molar refractivity (Wildman–Crippen MR) is 188 cm³/mol. The first-order valence-electron chi connectivity index (χ1n) is 15.8. The van der Waals surface area contributed by atoms with Gasteiger partial charge < -0.3 is 9.13 Å². The Hall–Kier alpha value is -4.38. The van der Waals surface area contributed by atoms with Gasteiger partial charge in [0.15, 0.2) is 25.2 Å². The standard InChI is InChI=1S/C36H38N6O2P2/c1-3-5-27-41-33(35(37-39-41)45(43,29-19-11-7-12-20-29)30-21-13-8-14-22-30)34-36(38-40-42(34)28-6-4-2)46(44,31-23-15-9-16-24-31)32-25-17-10-18-26-32/h7-26H,3-6,27-28H2,1-2H3. The van der Waals surface area contributed by atoms with Crippen molar-refractivity contribution in [2.24, 2.45) is 0 Å². The van der Waals surface area contributed by atoms with E-state index in [0.29, 0.717) is 56.6 Å². The van der Waals surface area contributed by atoms with E-state index in [1.165, 1.54) is 0 Å². The molecule has 0 aliphatic heterocycles. The van der Waals surface area contributed by atoms with Gasteiger partial charge in [-0.2, -0.15) is 0 Å². The summed E-state index contributed by atoms with van der Waals surface area (Å²) in [5, 5.41) is 21.4. The van der Waals surface area contributed by atoms with Gasteiger partial charge in [0.2, 0.25) is 0 Å². The van der Waals surface area contributed by atoms with Crippen molar-refractivity contribution in [1.29, 1.82) is 0 Å². The Morgan fingerprint density at radius 1 is 0.478 bits per heavy atom. The molecule has 0 aliphatic carbocycles. The van der Waals surface area contributed by atoms with Crippen molar-refractivity contribution in [3.8, 4) is 11.4 Å². The number of hydrogen-bond donors (Lipinski definition) is 0. The molecule has 0 aliphatic rings. The molecule has 10 heteroatoms. The molecule has 6 aromatic rings. The second-order valence-electron chi connectivity index (χ2n) is 11.2. The first-order valence-corrected chi connectivity index (χ1v) is 19.3. The summed E-state index contributed by atoms with van der Waals surface area (Å²) in [6.45, 7) is 5.32. The van der Waals surface area contributed by atoms with E-state index in [2.05, 4.69) is 24.3 Å². The molecule has 46 heavy (non-hydrogen) atoms. The van der Waals surface area contributed by atoms with Crippen LogP contribution in [-0.4, -0.2) is 30.0 Å². The molecule has 0 N–H and O–H groups in total. The van der Waals surface area contributed by atoms with Gasteiger partial charge in [-0.05, 0) is 12.8 Å². The number of nitrogens with zero attached hydrogens (tertiary/aromatic N) is 6. The summed E-state index contributed by atoms with van der Waals surface area (Å²) in [5.41, 5.74) is 1.78. The maximum absolute atomic E-state index is 15.8. The summed E-state index contributed by atoms with van der Waals surface area (Å²) in [4.78, 5) is 0. The molecule has 8 nitrogen and oxygen atoms in total. The summed E-state index contributed by atoms with van der Waals surface area (Å²) in [5.74, 6) is 0. The molecular weight excluding hydrogens is 610 g/mol. The van der Waals surface area contributed by atoms with Gasteiger partial charge >= 0.3 is 0 Å². The summed E-state index contributed by atoms with van der Waals surface area (Å²) >= 11 is 0. The van der Waals surface area contributed by atoms with Crippen molar-refractivity contribution in [2.75, 3.05) is 0 Å². The zero-order valence-corrected chi connectivity index (χ0v) is 28.0. The maximum atomic E-state index is 15.8. The van der Waals surface area contributed by atoms with Crippen molar-refractivity contribution in [3.05, 3.63) is 121 Å². The molecule has 0 saturated heterocycles. The molecule has 0 atom stereocenters. The molecule has 234 valence electrons. The van der Waals surface area contributed by atoms with Crippen LogP contribution in [0.3, 0.4) is 0 Å². The van der Waals surface area contributed by atoms with Crippen LogP contribution in [0, 0.1) is 0 Å². The molecule has 2 aromatic heterocycles. The number of unbranched alkanes of at least 4 members (excludes halogenated alkanes) is 2. The number of hydrogen-bond acceptors (Lipinski definition) is 6. The smallest absolute Gasteiger partial charge is 0.192 e. The Morgan fingerprint density at radius 3 is 1.02 bits per heavy atom. The Morgan fingerprint density at radius 2 is 0.761 bits per heavy atom. The lowest BCUT2D eigenvalue weighted by atomic mass is 10.3. The zero-order valence-electron chi connectivity index (χ0n) is 26.2. The number of aromatic nitrogens is 6. The van der Waals surface area contributed by atoms with Crippen LogP contribution in [0.25, 0.3) is 11.4 Å². The highest BCUT2D eigenvalue weighted by Gasteiger charge is 2.43. The summed E-state index contributed by atoms with van der Waals surface area (Å²) in [7, 11) is -7.16. The van der Waals surface area contributed by atoms with Gasteiger partial charge in [0.1, 0.15) is 11.4 Å². The molecule has 0 amide bonds. The largest absolute Gasteiger partial charge is 0.307 e. The molecule has 0 spiro atoms. The van der Waals surface area contributed by atoms with Crippen molar-refractivity contribution in [1.82, 2.24) is 30.0 Å². The fourth-order valence-corrected chi connectivity index (χ4v) is 11.1. The van der Waals surface area contributed by atoms with Gasteiger partial charge in [-0.15, -0.1) is 10.2 Å².